The zero-order valence-corrected chi connectivity index (χ0v) is 20.0. The number of nitrogens with zero attached hydrogens (tertiary/aromatic N) is 2. The van der Waals surface area contributed by atoms with E-state index in [-0.39, 0.29) is 37.7 Å². The molecule has 1 aromatic heterocycles. The van der Waals surface area contributed by atoms with Gasteiger partial charge in [-0.1, -0.05) is 23.5 Å². The van der Waals surface area contributed by atoms with Crippen LogP contribution in [0.4, 0.5) is 14.5 Å². The van der Waals surface area contributed by atoms with Crippen molar-refractivity contribution >= 4 is 43.2 Å². The molecule has 1 heterocycles. The third kappa shape index (κ3) is 5.15. The third-order valence-electron chi connectivity index (χ3n) is 4.94. The Labute approximate surface area is 203 Å². The highest BCUT2D eigenvalue weighted by Crippen LogP contribution is 2.23. The van der Waals surface area contributed by atoms with Gasteiger partial charge in [-0.15, -0.1) is 6.58 Å². The van der Waals surface area contributed by atoms with Crippen LogP contribution in [0.25, 0.3) is 10.2 Å². The van der Waals surface area contributed by atoms with Crippen LogP contribution in [0.1, 0.15) is 10.4 Å². The monoisotopic (exact) mass is 515 g/mol. The molecule has 4 rings (SSSR count). The number of carbonyl (C=O) groups excluding carboxylic acids is 1. The number of sulfonamides is 1. The predicted molar refractivity (Wildman–Crippen MR) is 130 cm³/mol. The summed E-state index contributed by atoms with van der Waals surface area (Å²) in [6.07, 6.45) is 1.51. The van der Waals surface area contributed by atoms with Crippen molar-refractivity contribution in [2.75, 3.05) is 11.8 Å². The van der Waals surface area contributed by atoms with Crippen LogP contribution in [0.3, 0.4) is 0 Å². The van der Waals surface area contributed by atoms with Crippen LogP contribution in [-0.4, -0.2) is 26.0 Å². The molecule has 11 heteroatoms. The molecule has 180 valence electrons. The molecule has 4 aromatic rings. The number of allylic oxidation sites excluding steroid dienone is 1. The molecular formula is C24H19F2N3O4S2. The Bertz CT molecular complexity index is 1610. The number of hydrogen-bond acceptors (Lipinski definition) is 5. The highest BCUT2D eigenvalue weighted by molar-refractivity contribution is 7.92. The van der Waals surface area contributed by atoms with Crippen molar-refractivity contribution < 1.29 is 26.7 Å². The second kappa shape index (κ2) is 9.80. The van der Waals surface area contributed by atoms with Crippen molar-refractivity contribution in [3.63, 3.8) is 0 Å². The van der Waals surface area contributed by atoms with Gasteiger partial charge in [-0.3, -0.25) is 9.52 Å². The number of methoxy groups -OCH3 is 1. The van der Waals surface area contributed by atoms with Crippen molar-refractivity contribution in [3.8, 4) is 5.75 Å². The summed E-state index contributed by atoms with van der Waals surface area (Å²) in [5.41, 5.74) is 0.378. The average molecular weight is 516 g/mol. The molecule has 1 N–H and O–H groups in total. The molecule has 35 heavy (non-hydrogen) atoms. The summed E-state index contributed by atoms with van der Waals surface area (Å²) in [5.74, 6) is -1.69. The molecule has 0 fully saturated rings. The highest BCUT2D eigenvalue weighted by Gasteiger charge is 2.17. The molecule has 0 aliphatic heterocycles. The lowest BCUT2D eigenvalue weighted by Crippen LogP contribution is -2.17. The fraction of sp³-hybridized carbons (Fsp3) is 0.0833. The number of rotatable bonds is 7. The lowest BCUT2D eigenvalue weighted by molar-refractivity contribution is 0.0998. The fourth-order valence-corrected chi connectivity index (χ4v) is 5.48. The first-order valence-corrected chi connectivity index (χ1v) is 12.5. The maximum atomic E-state index is 14.4. The number of ether oxygens (including phenoxy) is 1. The van der Waals surface area contributed by atoms with Gasteiger partial charge in [-0.05, 0) is 48.5 Å². The number of anilines is 1. The topological polar surface area (TPSA) is 89.8 Å². The molecule has 0 radical (unpaired) electrons. The Morgan fingerprint density at radius 2 is 1.91 bits per heavy atom. The molecule has 1 amide bonds. The molecule has 0 saturated carbocycles. The Balaban J connectivity index is 1.68. The summed E-state index contributed by atoms with van der Waals surface area (Å²) in [5, 5.41) is 0. The Morgan fingerprint density at radius 1 is 1.17 bits per heavy atom. The third-order valence-corrected chi connectivity index (χ3v) is 7.36. The van der Waals surface area contributed by atoms with E-state index in [1.807, 2.05) is 0 Å². The van der Waals surface area contributed by atoms with E-state index in [1.54, 1.807) is 0 Å². The lowest BCUT2D eigenvalue weighted by Gasteiger charge is -2.09. The van der Waals surface area contributed by atoms with Crippen LogP contribution < -0.4 is 14.3 Å². The van der Waals surface area contributed by atoms with Crippen LogP contribution in [-0.2, 0) is 16.6 Å². The van der Waals surface area contributed by atoms with Crippen LogP contribution >= 0.6 is 11.3 Å². The van der Waals surface area contributed by atoms with Gasteiger partial charge >= 0.3 is 0 Å². The van der Waals surface area contributed by atoms with E-state index < -0.39 is 27.6 Å². The summed E-state index contributed by atoms with van der Waals surface area (Å²) >= 11 is 0.956. The molecule has 3 aromatic carbocycles. The van der Waals surface area contributed by atoms with Gasteiger partial charge in [0, 0.05) is 23.9 Å². The minimum absolute atomic E-state index is 0.0183. The fourth-order valence-electron chi connectivity index (χ4n) is 3.35. The van der Waals surface area contributed by atoms with E-state index in [4.69, 9.17) is 4.74 Å². The quantitative estimate of drug-likeness (QED) is 0.361. The second-order valence-corrected chi connectivity index (χ2v) is 9.99. The van der Waals surface area contributed by atoms with Crippen LogP contribution in [0.5, 0.6) is 5.75 Å². The van der Waals surface area contributed by atoms with Crippen molar-refractivity contribution in [1.29, 1.82) is 0 Å². The number of halogens is 2. The molecule has 0 aliphatic rings. The second-order valence-electron chi connectivity index (χ2n) is 7.30. The van der Waals surface area contributed by atoms with Gasteiger partial charge in [0.25, 0.3) is 15.9 Å². The number of benzene rings is 3. The van der Waals surface area contributed by atoms with Crippen LogP contribution in [0.2, 0.25) is 0 Å². The van der Waals surface area contributed by atoms with E-state index in [2.05, 4.69) is 16.3 Å². The number of hydrogen-bond donors (Lipinski definition) is 1. The van der Waals surface area contributed by atoms with E-state index >= 15 is 0 Å². The zero-order chi connectivity index (χ0) is 25.2. The maximum Gasteiger partial charge on any atom is 0.279 e. The number of thiazole rings is 1. The number of amides is 1. The van der Waals surface area contributed by atoms with Gasteiger partial charge in [0.1, 0.15) is 11.6 Å². The molecule has 0 saturated heterocycles. The normalized spacial score (nSPS) is 12.0. The first-order chi connectivity index (χ1) is 16.7. The van der Waals surface area contributed by atoms with Crippen molar-refractivity contribution in [1.82, 2.24) is 4.57 Å². The number of fused-ring (bicyclic) bond motifs is 1. The highest BCUT2D eigenvalue weighted by atomic mass is 32.2. The molecule has 0 bridgehead atoms. The smallest absolute Gasteiger partial charge is 0.279 e. The van der Waals surface area contributed by atoms with E-state index in [0.29, 0.717) is 5.75 Å². The van der Waals surface area contributed by atoms with Crippen molar-refractivity contribution in [2.45, 2.75) is 11.4 Å². The summed E-state index contributed by atoms with van der Waals surface area (Å²) < 4.78 is 62.7. The summed E-state index contributed by atoms with van der Waals surface area (Å²) in [4.78, 5) is 17.2. The lowest BCUT2D eigenvalue weighted by atomic mass is 10.2. The zero-order valence-electron chi connectivity index (χ0n) is 18.4. The first-order valence-electron chi connectivity index (χ1n) is 10.2. The standard InChI is InChI=1S/C24H19F2N3O4S2/c1-3-11-29-22-20(26)13-16(25)14-21(22)34-24(29)27-23(30)15-5-4-6-17(12-15)28-35(31,32)19-9-7-18(33-2)8-10-19/h3-10,12-14,28H,1,11H2,2H3. The minimum atomic E-state index is -3.92. The van der Waals surface area contributed by atoms with Crippen LogP contribution in [0, 0.1) is 11.6 Å². The number of nitrogens with one attached hydrogen (secondary N) is 1. The largest absolute Gasteiger partial charge is 0.497 e. The van der Waals surface area contributed by atoms with Gasteiger partial charge in [0.15, 0.2) is 10.6 Å². The van der Waals surface area contributed by atoms with E-state index in [1.165, 1.54) is 72.4 Å². The molecule has 0 unspecified atom stereocenters. The van der Waals surface area contributed by atoms with Gasteiger partial charge in [-0.25, -0.2) is 17.2 Å². The summed E-state index contributed by atoms with van der Waals surface area (Å²) in [6.45, 7) is 3.79. The molecule has 7 nitrogen and oxygen atoms in total. The minimum Gasteiger partial charge on any atom is -0.497 e. The van der Waals surface area contributed by atoms with Gasteiger partial charge in [0.2, 0.25) is 0 Å². The number of aromatic nitrogens is 1. The van der Waals surface area contributed by atoms with Crippen LogP contribution in [0.15, 0.2) is 83.2 Å². The van der Waals surface area contributed by atoms with E-state index in [9.17, 15) is 22.0 Å². The first kappa shape index (κ1) is 24.3. The molecule has 0 aliphatic carbocycles. The average Bonchev–Trinajstić information content (AvgIpc) is 3.16. The Morgan fingerprint density at radius 3 is 2.60 bits per heavy atom. The molecular weight excluding hydrogens is 496 g/mol. The molecule has 0 spiro atoms. The Kier molecular flexibility index (Phi) is 6.81. The summed E-state index contributed by atoms with van der Waals surface area (Å²) in [6, 6.07) is 13.6. The SMILES string of the molecule is C=CCn1c(=NC(=O)c2cccc(NS(=O)(=O)c3ccc(OC)cc3)c2)sc2cc(F)cc(F)c21. The molecule has 0 atom stereocenters. The van der Waals surface area contributed by atoms with Gasteiger partial charge < -0.3 is 9.30 Å². The maximum absolute atomic E-state index is 14.4. The summed E-state index contributed by atoms with van der Waals surface area (Å²) in [7, 11) is -2.44. The Hall–Kier alpha value is -3.83. The predicted octanol–water partition coefficient (Wildman–Crippen LogP) is 4.72. The van der Waals surface area contributed by atoms with Crippen molar-refractivity contribution in [2.24, 2.45) is 4.99 Å². The van der Waals surface area contributed by atoms with Gasteiger partial charge in [0.05, 0.1) is 22.2 Å². The van der Waals surface area contributed by atoms with Gasteiger partial charge in [-0.2, -0.15) is 4.99 Å². The number of carbonyl (C=O) groups is 1. The van der Waals surface area contributed by atoms with E-state index in [0.717, 1.165) is 17.4 Å². The van der Waals surface area contributed by atoms with Crippen molar-refractivity contribution in [3.05, 3.63) is 95.3 Å².